The van der Waals surface area contributed by atoms with Gasteiger partial charge in [-0.25, -0.2) is 17.5 Å². The molecule has 114 valence electrons. The van der Waals surface area contributed by atoms with E-state index >= 15 is 0 Å². The van der Waals surface area contributed by atoms with Gasteiger partial charge in [0.05, 0.1) is 12.7 Å². The summed E-state index contributed by atoms with van der Waals surface area (Å²) in [4.78, 5) is -0.505. The number of halogens is 2. The minimum Gasteiger partial charge on any atom is -0.377 e. The van der Waals surface area contributed by atoms with Gasteiger partial charge < -0.3 is 10.5 Å². The summed E-state index contributed by atoms with van der Waals surface area (Å²) in [5.41, 5.74) is 5.40. The van der Waals surface area contributed by atoms with E-state index in [9.17, 15) is 12.8 Å². The predicted molar refractivity (Wildman–Crippen MR) is 75.6 cm³/mol. The fourth-order valence-electron chi connectivity index (χ4n) is 1.51. The zero-order chi connectivity index (χ0) is 15.3. The first-order chi connectivity index (χ1) is 9.27. The predicted octanol–water partition coefficient (Wildman–Crippen LogP) is 1.64. The highest BCUT2D eigenvalue weighted by Crippen LogP contribution is 2.23. The van der Waals surface area contributed by atoms with E-state index in [-0.39, 0.29) is 36.4 Å². The molecular weight excluding hydrogens is 307 g/mol. The van der Waals surface area contributed by atoms with Crippen LogP contribution in [0, 0.1) is 5.82 Å². The van der Waals surface area contributed by atoms with Crippen molar-refractivity contribution in [3.8, 4) is 0 Å². The minimum atomic E-state index is -3.99. The van der Waals surface area contributed by atoms with Crippen molar-refractivity contribution in [3.05, 3.63) is 28.5 Å². The van der Waals surface area contributed by atoms with Crippen LogP contribution in [-0.4, -0.2) is 27.7 Å². The maximum Gasteiger partial charge on any atom is 0.243 e. The Bertz CT molecular complexity index is 564. The molecule has 1 rings (SSSR count). The van der Waals surface area contributed by atoms with Crippen molar-refractivity contribution in [2.75, 3.05) is 13.2 Å². The molecule has 0 aliphatic rings. The van der Waals surface area contributed by atoms with Gasteiger partial charge in [0.25, 0.3) is 0 Å². The van der Waals surface area contributed by atoms with E-state index in [0.29, 0.717) is 0 Å². The van der Waals surface area contributed by atoms with Gasteiger partial charge >= 0.3 is 0 Å². The van der Waals surface area contributed by atoms with Gasteiger partial charge in [0.1, 0.15) is 10.7 Å². The van der Waals surface area contributed by atoms with Crippen molar-refractivity contribution in [3.63, 3.8) is 0 Å². The van der Waals surface area contributed by atoms with Crippen LogP contribution in [0.4, 0.5) is 4.39 Å². The Balaban J connectivity index is 2.90. The molecule has 0 atom stereocenters. The van der Waals surface area contributed by atoms with Gasteiger partial charge in [0, 0.05) is 23.7 Å². The van der Waals surface area contributed by atoms with E-state index in [1.165, 1.54) is 6.07 Å². The Morgan fingerprint density at radius 1 is 1.45 bits per heavy atom. The van der Waals surface area contributed by atoms with Crippen LogP contribution < -0.4 is 10.5 Å². The Labute approximate surface area is 123 Å². The van der Waals surface area contributed by atoms with Crippen molar-refractivity contribution in [1.29, 1.82) is 0 Å². The maximum absolute atomic E-state index is 14.0. The van der Waals surface area contributed by atoms with E-state index in [1.807, 2.05) is 13.8 Å². The molecule has 0 bridgehead atoms. The van der Waals surface area contributed by atoms with E-state index < -0.39 is 20.7 Å². The topological polar surface area (TPSA) is 81.4 Å². The van der Waals surface area contributed by atoms with Gasteiger partial charge in [-0.1, -0.05) is 11.6 Å². The van der Waals surface area contributed by atoms with Gasteiger partial charge in [0.15, 0.2) is 0 Å². The summed E-state index contributed by atoms with van der Waals surface area (Å²) in [5, 5.41) is 0.116. The van der Waals surface area contributed by atoms with Gasteiger partial charge in [-0.05, 0) is 26.0 Å². The van der Waals surface area contributed by atoms with E-state index in [0.717, 1.165) is 6.07 Å². The quantitative estimate of drug-likeness (QED) is 0.747. The second kappa shape index (κ2) is 7.33. The minimum absolute atomic E-state index is 0.00810. The van der Waals surface area contributed by atoms with Crippen LogP contribution in [0.1, 0.15) is 19.4 Å². The van der Waals surface area contributed by atoms with Crippen molar-refractivity contribution in [2.24, 2.45) is 5.73 Å². The number of nitrogens with one attached hydrogen (secondary N) is 1. The van der Waals surface area contributed by atoms with Gasteiger partial charge in [-0.15, -0.1) is 0 Å². The number of hydrogen-bond acceptors (Lipinski definition) is 4. The molecule has 5 nitrogen and oxygen atoms in total. The molecule has 0 fully saturated rings. The molecule has 0 aliphatic heterocycles. The largest absolute Gasteiger partial charge is 0.377 e. The van der Waals surface area contributed by atoms with E-state index in [4.69, 9.17) is 22.1 Å². The van der Waals surface area contributed by atoms with Crippen LogP contribution >= 0.6 is 11.6 Å². The van der Waals surface area contributed by atoms with Gasteiger partial charge in [-0.2, -0.15) is 0 Å². The lowest BCUT2D eigenvalue weighted by Crippen LogP contribution is -2.29. The van der Waals surface area contributed by atoms with Crippen molar-refractivity contribution >= 4 is 21.6 Å². The Morgan fingerprint density at radius 3 is 2.65 bits per heavy atom. The highest BCUT2D eigenvalue weighted by Gasteiger charge is 2.21. The Kier molecular flexibility index (Phi) is 6.35. The molecule has 0 heterocycles. The molecule has 0 unspecified atom stereocenters. The van der Waals surface area contributed by atoms with Crippen molar-refractivity contribution in [2.45, 2.75) is 31.4 Å². The molecule has 0 aromatic heterocycles. The molecule has 0 saturated carbocycles. The second-order valence-corrected chi connectivity index (χ2v) is 6.57. The maximum atomic E-state index is 14.0. The van der Waals surface area contributed by atoms with Crippen molar-refractivity contribution in [1.82, 2.24) is 4.72 Å². The summed E-state index contributed by atoms with van der Waals surface area (Å²) in [5.74, 6) is -0.880. The summed E-state index contributed by atoms with van der Waals surface area (Å²) in [6.45, 7) is 3.77. The Morgan fingerprint density at radius 2 is 2.10 bits per heavy atom. The number of benzene rings is 1. The molecule has 0 spiro atoms. The average Bonchev–Trinajstić information content (AvgIpc) is 2.36. The van der Waals surface area contributed by atoms with Crippen molar-refractivity contribution < 1.29 is 17.5 Å². The first kappa shape index (κ1) is 17.3. The number of rotatable bonds is 7. The second-order valence-electron chi connectivity index (χ2n) is 4.40. The number of hydrogen-bond donors (Lipinski definition) is 2. The summed E-state index contributed by atoms with van der Waals surface area (Å²) in [6, 6.07) is 2.36. The monoisotopic (exact) mass is 324 g/mol. The van der Waals surface area contributed by atoms with Crippen LogP contribution in [0.2, 0.25) is 5.02 Å². The first-order valence-electron chi connectivity index (χ1n) is 6.07. The van der Waals surface area contributed by atoms with E-state index in [2.05, 4.69) is 4.72 Å². The highest BCUT2D eigenvalue weighted by molar-refractivity contribution is 7.89. The molecule has 0 aliphatic carbocycles. The summed E-state index contributed by atoms with van der Waals surface area (Å²) >= 11 is 5.77. The SMILES string of the molecule is CC(C)OCCNS(=O)(=O)c1cc(Cl)cc(CN)c1F. The first-order valence-corrected chi connectivity index (χ1v) is 7.93. The fraction of sp³-hybridized carbons (Fsp3) is 0.500. The zero-order valence-electron chi connectivity index (χ0n) is 11.3. The normalized spacial score (nSPS) is 12.1. The third-order valence-electron chi connectivity index (χ3n) is 2.43. The van der Waals surface area contributed by atoms with Crippen LogP contribution in [0.5, 0.6) is 0 Å². The third-order valence-corrected chi connectivity index (χ3v) is 4.11. The summed E-state index contributed by atoms with van der Waals surface area (Å²) in [7, 11) is -3.99. The number of ether oxygens (including phenoxy) is 1. The fourth-order valence-corrected chi connectivity index (χ4v) is 2.97. The molecule has 1 aromatic rings. The van der Waals surface area contributed by atoms with Crippen LogP contribution in [-0.2, 0) is 21.3 Å². The lowest BCUT2D eigenvalue weighted by molar-refractivity contribution is 0.0834. The molecule has 0 radical (unpaired) electrons. The smallest absolute Gasteiger partial charge is 0.243 e. The van der Waals surface area contributed by atoms with Gasteiger partial charge in [-0.3, -0.25) is 0 Å². The van der Waals surface area contributed by atoms with Gasteiger partial charge in [0.2, 0.25) is 10.0 Å². The lowest BCUT2D eigenvalue weighted by Gasteiger charge is -2.11. The molecule has 3 N–H and O–H groups in total. The average molecular weight is 325 g/mol. The van der Waals surface area contributed by atoms with Crippen LogP contribution in [0.3, 0.4) is 0 Å². The molecule has 8 heteroatoms. The zero-order valence-corrected chi connectivity index (χ0v) is 12.9. The third kappa shape index (κ3) is 4.68. The molecule has 1 aromatic carbocycles. The molecule has 20 heavy (non-hydrogen) atoms. The number of sulfonamides is 1. The van der Waals surface area contributed by atoms with Crippen LogP contribution in [0.25, 0.3) is 0 Å². The van der Waals surface area contributed by atoms with Crippen LogP contribution in [0.15, 0.2) is 17.0 Å². The molecule has 0 amide bonds. The van der Waals surface area contributed by atoms with E-state index in [1.54, 1.807) is 0 Å². The highest BCUT2D eigenvalue weighted by atomic mass is 35.5. The molecular formula is C12H18ClFN2O3S. The molecule has 0 saturated heterocycles. The standard InChI is InChI=1S/C12H18ClFN2O3S/c1-8(2)19-4-3-16-20(17,18)11-6-10(13)5-9(7-15)12(11)14/h5-6,8,16H,3-4,7,15H2,1-2H3. The lowest BCUT2D eigenvalue weighted by atomic mass is 10.2. The summed E-state index contributed by atoms with van der Waals surface area (Å²) < 4.78 is 45.5. The number of nitrogens with two attached hydrogens (primary N) is 1. The Hall–Kier alpha value is -0.730. The summed E-state index contributed by atoms with van der Waals surface area (Å²) in [6.07, 6.45) is -0.00810.